The second-order valence-corrected chi connectivity index (χ2v) is 3.59. The van der Waals surface area contributed by atoms with Gasteiger partial charge in [-0.3, -0.25) is 0 Å². The van der Waals surface area contributed by atoms with Crippen molar-refractivity contribution >= 4 is 12.1 Å². The Labute approximate surface area is 98.3 Å². The molecule has 5 heteroatoms. The van der Waals surface area contributed by atoms with Crippen LogP contribution in [0.3, 0.4) is 0 Å². The summed E-state index contributed by atoms with van der Waals surface area (Å²) in [6, 6.07) is 9.30. The van der Waals surface area contributed by atoms with Gasteiger partial charge < -0.3 is 14.2 Å². The highest BCUT2D eigenvalue weighted by Crippen LogP contribution is 2.11. The third kappa shape index (κ3) is 3.21. The van der Waals surface area contributed by atoms with Gasteiger partial charge >= 0.3 is 12.1 Å². The van der Waals surface area contributed by atoms with Gasteiger partial charge in [-0.05, 0) is 5.56 Å². The van der Waals surface area contributed by atoms with Crippen LogP contribution in [0.1, 0.15) is 12.0 Å². The van der Waals surface area contributed by atoms with Gasteiger partial charge in [-0.1, -0.05) is 30.3 Å². The normalized spacial score (nSPS) is 19.1. The average Bonchev–Trinajstić information content (AvgIpc) is 2.37. The number of carbonyl (C=O) groups is 2. The SMILES string of the molecule is O=C1OCCC(C(=O)OCc2ccccc2)O1. The highest BCUT2D eigenvalue weighted by atomic mass is 16.7. The van der Waals surface area contributed by atoms with Crippen LogP contribution in [0.5, 0.6) is 0 Å². The van der Waals surface area contributed by atoms with Crippen molar-refractivity contribution in [2.24, 2.45) is 0 Å². The first-order chi connectivity index (χ1) is 8.25. The summed E-state index contributed by atoms with van der Waals surface area (Å²) in [6.07, 6.45) is -1.34. The lowest BCUT2D eigenvalue weighted by Gasteiger charge is -2.20. The van der Waals surface area contributed by atoms with Gasteiger partial charge in [0.2, 0.25) is 6.10 Å². The third-order valence-corrected chi connectivity index (χ3v) is 2.33. The second kappa shape index (κ2) is 5.34. The summed E-state index contributed by atoms with van der Waals surface area (Å²) in [7, 11) is 0. The maximum atomic E-state index is 11.6. The molecule has 1 fully saturated rings. The van der Waals surface area contributed by atoms with Gasteiger partial charge in [0, 0.05) is 6.42 Å². The molecule has 0 saturated carbocycles. The van der Waals surface area contributed by atoms with Crippen LogP contribution in [0, 0.1) is 0 Å². The zero-order valence-electron chi connectivity index (χ0n) is 9.13. The van der Waals surface area contributed by atoms with Gasteiger partial charge in [-0.25, -0.2) is 9.59 Å². The van der Waals surface area contributed by atoms with Crippen molar-refractivity contribution in [2.75, 3.05) is 6.61 Å². The summed E-state index contributed by atoms with van der Waals surface area (Å²) < 4.78 is 14.3. The van der Waals surface area contributed by atoms with E-state index in [4.69, 9.17) is 9.47 Å². The van der Waals surface area contributed by atoms with E-state index in [1.165, 1.54) is 0 Å². The molecule has 1 aliphatic heterocycles. The van der Waals surface area contributed by atoms with Gasteiger partial charge in [0.15, 0.2) is 0 Å². The Morgan fingerprint density at radius 3 is 2.82 bits per heavy atom. The number of hydrogen-bond acceptors (Lipinski definition) is 5. The van der Waals surface area contributed by atoms with Crippen LogP contribution in [0.4, 0.5) is 4.79 Å². The summed E-state index contributed by atoms with van der Waals surface area (Å²) in [5, 5.41) is 0. The molecule has 0 amide bonds. The van der Waals surface area contributed by atoms with E-state index >= 15 is 0 Å². The van der Waals surface area contributed by atoms with Crippen LogP contribution in [0.25, 0.3) is 0 Å². The van der Waals surface area contributed by atoms with Crippen molar-refractivity contribution in [1.29, 1.82) is 0 Å². The number of hydrogen-bond donors (Lipinski definition) is 0. The van der Waals surface area contributed by atoms with Gasteiger partial charge in [0.05, 0.1) is 6.61 Å². The number of ether oxygens (including phenoxy) is 3. The lowest BCUT2D eigenvalue weighted by Crippen LogP contribution is -2.35. The number of carbonyl (C=O) groups excluding carboxylic acids is 2. The monoisotopic (exact) mass is 236 g/mol. The fourth-order valence-corrected chi connectivity index (χ4v) is 1.45. The minimum Gasteiger partial charge on any atom is -0.458 e. The van der Waals surface area contributed by atoms with Crippen LogP contribution in [0.2, 0.25) is 0 Å². The Balaban J connectivity index is 1.83. The summed E-state index contributed by atoms with van der Waals surface area (Å²) in [5.74, 6) is -0.537. The van der Waals surface area contributed by atoms with Crippen molar-refractivity contribution in [3.05, 3.63) is 35.9 Å². The molecule has 5 nitrogen and oxygen atoms in total. The van der Waals surface area contributed by atoms with Crippen molar-refractivity contribution < 1.29 is 23.8 Å². The predicted octanol–water partition coefficient (Wildman–Crippen LogP) is 1.66. The maximum absolute atomic E-state index is 11.6. The average molecular weight is 236 g/mol. The van der Waals surface area contributed by atoms with E-state index in [-0.39, 0.29) is 13.2 Å². The Bertz CT molecular complexity index is 401. The lowest BCUT2D eigenvalue weighted by atomic mass is 10.2. The summed E-state index contributed by atoms with van der Waals surface area (Å²) >= 11 is 0. The van der Waals surface area contributed by atoms with Crippen molar-refractivity contribution in [2.45, 2.75) is 19.1 Å². The lowest BCUT2D eigenvalue weighted by molar-refractivity contribution is -0.160. The molecule has 1 aliphatic rings. The molecule has 1 atom stereocenters. The Kier molecular flexibility index (Phi) is 3.59. The largest absolute Gasteiger partial charge is 0.509 e. The van der Waals surface area contributed by atoms with E-state index in [0.29, 0.717) is 6.42 Å². The van der Waals surface area contributed by atoms with Crippen LogP contribution < -0.4 is 0 Å². The fourth-order valence-electron chi connectivity index (χ4n) is 1.45. The minimum absolute atomic E-state index is 0.175. The number of cyclic esters (lactones) is 2. The molecule has 1 unspecified atom stereocenters. The molecule has 1 aromatic carbocycles. The molecular weight excluding hydrogens is 224 g/mol. The van der Waals surface area contributed by atoms with E-state index in [0.717, 1.165) is 5.56 Å². The molecule has 0 aliphatic carbocycles. The molecule has 0 radical (unpaired) electrons. The number of rotatable bonds is 3. The smallest absolute Gasteiger partial charge is 0.458 e. The zero-order valence-corrected chi connectivity index (χ0v) is 9.13. The quantitative estimate of drug-likeness (QED) is 0.747. The number of benzene rings is 1. The van der Waals surface area contributed by atoms with Crippen LogP contribution in [0.15, 0.2) is 30.3 Å². The molecule has 1 aromatic rings. The Morgan fingerprint density at radius 1 is 1.35 bits per heavy atom. The maximum Gasteiger partial charge on any atom is 0.509 e. The number of esters is 1. The van der Waals surface area contributed by atoms with E-state index in [1.807, 2.05) is 30.3 Å². The van der Waals surface area contributed by atoms with Gasteiger partial charge in [0.1, 0.15) is 6.61 Å². The predicted molar refractivity (Wildman–Crippen MR) is 57.1 cm³/mol. The van der Waals surface area contributed by atoms with Gasteiger partial charge in [0.25, 0.3) is 0 Å². The molecule has 1 saturated heterocycles. The summed E-state index contributed by atoms with van der Waals surface area (Å²) in [6.45, 7) is 0.360. The van der Waals surface area contributed by atoms with E-state index in [2.05, 4.69) is 4.74 Å². The minimum atomic E-state index is -0.847. The van der Waals surface area contributed by atoms with E-state index < -0.39 is 18.2 Å². The first-order valence-electron chi connectivity index (χ1n) is 5.29. The second-order valence-electron chi connectivity index (χ2n) is 3.59. The van der Waals surface area contributed by atoms with Crippen LogP contribution in [-0.4, -0.2) is 24.8 Å². The van der Waals surface area contributed by atoms with E-state index in [9.17, 15) is 9.59 Å². The molecule has 17 heavy (non-hydrogen) atoms. The molecule has 90 valence electrons. The Hall–Kier alpha value is -2.04. The first-order valence-corrected chi connectivity index (χ1v) is 5.29. The van der Waals surface area contributed by atoms with Crippen molar-refractivity contribution in [1.82, 2.24) is 0 Å². The summed E-state index contributed by atoms with van der Waals surface area (Å²) in [5.41, 5.74) is 0.888. The Morgan fingerprint density at radius 2 is 2.12 bits per heavy atom. The highest BCUT2D eigenvalue weighted by molar-refractivity contribution is 5.78. The molecule has 0 aromatic heterocycles. The van der Waals surface area contributed by atoms with E-state index in [1.54, 1.807) is 0 Å². The standard InChI is InChI=1S/C12H12O5/c13-11(10-6-7-15-12(14)17-10)16-8-9-4-2-1-3-5-9/h1-5,10H,6-8H2. The first kappa shape index (κ1) is 11.4. The third-order valence-electron chi connectivity index (χ3n) is 2.33. The highest BCUT2D eigenvalue weighted by Gasteiger charge is 2.29. The molecule has 0 N–H and O–H groups in total. The summed E-state index contributed by atoms with van der Waals surface area (Å²) in [4.78, 5) is 22.4. The van der Waals surface area contributed by atoms with Gasteiger partial charge in [-0.15, -0.1) is 0 Å². The zero-order chi connectivity index (χ0) is 12.1. The fraction of sp³-hybridized carbons (Fsp3) is 0.333. The molecular formula is C12H12O5. The topological polar surface area (TPSA) is 61.8 Å². The van der Waals surface area contributed by atoms with Gasteiger partial charge in [-0.2, -0.15) is 0 Å². The molecule has 2 rings (SSSR count). The van der Waals surface area contributed by atoms with Crippen molar-refractivity contribution in [3.8, 4) is 0 Å². The van der Waals surface area contributed by atoms with Crippen LogP contribution in [-0.2, 0) is 25.6 Å². The van der Waals surface area contributed by atoms with Crippen molar-refractivity contribution in [3.63, 3.8) is 0 Å². The molecule has 1 heterocycles. The van der Waals surface area contributed by atoms with Crippen LogP contribution >= 0.6 is 0 Å². The molecule has 0 spiro atoms. The molecule has 0 bridgehead atoms.